The summed E-state index contributed by atoms with van der Waals surface area (Å²) in [4.78, 5) is 12.3. The third-order valence-electron chi connectivity index (χ3n) is 4.09. The molecule has 0 saturated carbocycles. The monoisotopic (exact) mass is 389 g/mol. The van der Waals surface area contributed by atoms with Gasteiger partial charge in [0.1, 0.15) is 0 Å². The molecule has 0 atom stereocenters. The van der Waals surface area contributed by atoms with E-state index in [9.17, 15) is 4.79 Å². The van der Waals surface area contributed by atoms with Crippen LogP contribution in [-0.2, 0) is 11.2 Å². The molecule has 4 aromatic rings. The Balaban J connectivity index is 1.51. The second kappa shape index (κ2) is 8.58. The van der Waals surface area contributed by atoms with Gasteiger partial charge in [0, 0.05) is 24.5 Å². The van der Waals surface area contributed by atoms with Crippen LogP contribution < -0.4 is 5.32 Å². The number of hydrogen-bond acceptors (Lipinski definition) is 4. The summed E-state index contributed by atoms with van der Waals surface area (Å²) in [6, 6.07) is 23.5. The number of anilines is 1. The van der Waals surface area contributed by atoms with E-state index in [1.165, 1.54) is 11.8 Å². The lowest BCUT2D eigenvalue weighted by molar-refractivity contribution is -0.113. The maximum atomic E-state index is 12.3. The number of amides is 1. The van der Waals surface area contributed by atoms with Crippen LogP contribution in [0.25, 0.3) is 0 Å². The molecule has 0 fully saturated rings. The van der Waals surface area contributed by atoms with Crippen molar-refractivity contribution in [3.05, 3.63) is 96.6 Å². The normalized spacial score (nSPS) is 10.7. The molecule has 0 aliphatic rings. The smallest absolute Gasteiger partial charge is 0.234 e. The van der Waals surface area contributed by atoms with Crippen LogP contribution in [0.2, 0.25) is 0 Å². The van der Waals surface area contributed by atoms with Gasteiger partial charge in [-0.1, -0.05) is 60.3 Å². The molecule has 0 spiro atoms. The quantitative estimate of drug-likeness (QED) is 0.490. The first-order valence-corrected chi connectivity index (χ1v) is 9.88. The Labute approximate surface area is 167 Å². The maximum absolute atomic E-state index is 12.3. The number of rotatable bonds is 7. The van der Waals surface area contributed by atoms with E-state index in [0.29, 0.717) is 11.6 Å². The van der Waals surface area contributed by atoms with Gasteiger partial charge in [-0.15, -0.1) is 10.2 Å². The Bertz CT molecular complexity index is 1030. The lowest BCUT2D eigenvalue weighted by Gasteiger charge is -2.11. The summed E-state index contributed by atoms with van der Waals surface area (Å²) in [5.41, 5.74) is 1.94. The summed E-state index contributed by atoms with van der Waals surface area (Å²) in [6.07, 6.45) is 4.53. The molecular weight excluding hydrogens is 370 g/mol. The molecule has 2 aromatic heterocycles. The van der Waals surface area contributed by atoms with Gasteiger partial charge < -0.3 is 5.32 Å². The van der Waals surface area contributed by atoms with Gasteiger partial charge in [-0.25, -0.2) is 4.68 Å². The number of carbonyl (C=O) groups is 1. The highest BCUT2D eigenvalue weighted by molar-refractivity contribution is 7.99. The Kier molecular flexibility index (Phi) is 5.53. The van der Waals surface area contributed by atoms with Crippen molar-refractivity contribution >= 4 is 23.4 Å². The molecule has 0 unspecified atom stereocenters. The van der Waals surface area contributed by atoms with E-state index in [1.54, 1.807) is 0 Å². The molecule has 0 radical (unpaired) electrons. The maximum Gasteiger partial charge on any atom is 0.234 e. The average molecular weight is 389 g/mol. The van der Waals surface area contributed by atoms with Crippen molar-refractivity contribution in [2.24, 2.45) is 0 Å². The van der Waals surface area contributed by atoms with Gasteiger partial charge >= 0.3 is 0 Å². The molecular formula is C21H19N5OS. The van der Waals surface area contributed by atoms with Crippen molar-refractivity contribution in [1.82, 2.24) is 19.5 Å². The fourth-order valence-corrected chi connectivity index (χ4v) is 3.57. The van der Waals surface area contributed by atoms with Gasteiger partial charge in [-0.05, 0) is 29.8 Å². The van der Waals surface area contributed by atoms with Crippen LogP contribution in [0.5, 0.6) is 0 Å². The van der Waals surface area contributed by atoms with Crippen LogP contribution in [0.4, 0.5) is 5.69 Å². The standard InChI is InChI=1S/C21H19N5OS/c27-20(22-18-11-5-2-6-12-18)16-28-21-24-23-19(15-17-9-3-1-4-10-17)26(21)25-13-7-8-14-25/h1-14H,15-16H2,(H,22,27). The molecule has 0 bridgehead atoms. The minimum atomic E-state index is -0.0807. The van der Waals surface area contributed by atoms with Crippen LogP contribution in [0.15, 0.2) is 90.3 Å². The number of para-hydroxylation sites is 1. The molecule has 2 heterocycles. The van der Waals surface area contributed by atoms with Crippen LogP contribution in [0.1, 0.15) is 11.4 Å². The van der Waals surface area contributed by atoms with Crippen molar-refractivity contribution in [1.29, 1.82) is 0 Å². The van der Waals surface area contributed by atoms with Crippen molar-refractivity contribution in [2.75, 3.05) is 11.1 Å². The molecule has 2 aromatic carbocycles. The third kappa shape index (κ3) is 4.32. The largest absolute Gasteiger partial charge is 0.325 e. The molecule has 1 N–H and O–H groups in total. The zero-order valence-electron chi connectivity index (χ0n) is 15.1. The number of benzene rings is 2. The van der Waals surface area contributed by atoms with Crippen LogP contribution in [0, 0.1) is 0 Å². The first-order valence-electron chi connectivity index (χ1n) is 8.89. The van der Waals surface area contributed by atoms with E-state index in [4.69, 9.17) is 0 Å². The van der Waals surface area contributed by atoms with Gasteiger partial charge in [0.05, 0.1) is 5.75 Å². The van der Waals surface area contributed by atoms with Crippen molar-refractivity contribution in [3.8, 4) is 0 Å². The molecule has 140 valence electrons. The Morgan fingerprint density at radius 3 is 2.29 bits per heavy atom. The van der Waals surface area contributed by atoms with Gasteiger partial charge in [0.15, 0.2) is 5.82 Å². The fourth-order valence-electron chi connectivity index (χ4n) is 2.81. The van der Waals surface area contributed by atoms with Gasteiger partial charge in [0.2, 0.25) is 11.1 Å². The van der Waals surface area contributed by atoms with E-state index in [1.807, 2.05) is 82.4 Å². The van der Waals surface area contributed by atoms with Crippen LogP contribution in [-0.4, -0.2) is 31.2 Å². The van der Waals surface area contributed by atoms with E-state index >= 15 is 0 Å². The highest BCUT2D eigenvalue weighted by Gasteiger charge is 2.16. The topological polar surface area (TPSA) is 64.7 Å². The van der Waals surface area contributed by atoms with E-state index in [2.05, 4.69) is 27.6 Å². The molecule has 0 saturated heterocycles. The first-order chi connectivity index (χ1) is 13.8. The van der Waals surface area contributed by atoms with Crippen molar-refractivity contribution < 1.29 is 4.79 Å². The first kappa shape index (κ1) is 18.1. The highest BCUT2D eigenvalue weighted by Crippen LogP contribution is 2.20. The van der Waals surface area contributed by atoms with Crippen LogP contribution in [0.3, 0.4) is 0 Å². The number of thioether (sulfide) groups is 1. The lowest BCUT2D eigenvalue weighted by atomic mass is 10.1. The summed E-state index contributed by atoms with van der Waals surface area (Å²) >= 11 is 1.36. The molecule has 4 rings (SSSR count). The summed E-state index contributed by atoms with van der Waals surface area (Å²) in [7, 11) is 0. The van der Waals surface area contributed by atoms with Crippen LogP contribution >= 0.6 is 11.8 Å². The van der Waals surface area contributed by atoms with Gasteiger partial charge in [-0.2, -0.15) is 0 Å². The van der Waals surface area contributed by atoms with Gasteiger partial charge in [-0.3, -0.25) is 9.47 Å². The van der Waals surface area contributed by atoms with E-state index < -0.39 is 0 Å². The number of aromatic nitrogens is 4. The molecule has 0 aliphatic carbocycles. The lowest BCUT2D eigenvalue weighted by Crippen LogP contribution is -2.16. The number of nitrogens with one attached hydrogen (secondary N) is 1. The van der Waals surface area contributed by atoms with E-state index in [-0.39, 0.29) is 11.7 Å². The highest BCUT2D eigenvalue weighted by atomic mass is 32.2. The van der Waals surface area contributed by atoms with E-state index in [0.717, 1.165) is 17.1 Å². The molecule has 7 heteroatoms. The zero-order valence-corrected chi connectivity index (χ0v) is 15.9. The van der Waals surface area contributed by atoms with Gasteiger partial charge in [0.25, 0.3) is 0 Å². The summed E-state index contributed by atoms with van der Waals surface area (Å²) in [5.74, 6) is 0.982. The summed E-state index contributed by atoms with van der Waals surface area (Å²) in [6.45, 7) is 0. The Morgan fingerprint density at radius 1 is 0.893 bits per heavy atom. The van der Waals surface area contributed by atoms with Crippen molar-refractivity contribution in [3.63, 3.8) is 0 Å². The SMILES string of the molecule is O=C(CSc1nnc(Cc2ccccc2)n1-n1cccc1)Nc1ccccc1. The molecule has 1 amide bonds. The third-order valence-corrected chi connectivity index (χ3v) is 5.01. The second-order valence-electron chi connectivity index (χ2n) is 6.14. The van der Waals surface area contributed by atoms with Crippen molar-refractivity contribution in [2.45, 2.75) is 11.6 Å². The summed E-state index contributed by atoms with van der Waals surface area (Å²) < 4.78 is 3.86. The minimum Gasteiger partial charge on any atom is -0.325 e. The molecule has 6 nitrogen and oxygen atoms in total. The number of nitrogens with zero attached hydrogens (tertiary/aromatic N) is 4. The summed E-state index contributed by atoms with van der Waals surface area (Å²) in [5, 5.41) is 12.3. The predicted octanol–water partition coefficient (Wildman–Crippen LogP) is 3.71. The predicted molar refractivity (Wildman–Crippen MR) is 110 cm³/mol. The fraction of sp³-hybridized carbons (Fsp3) is 0.0952. The zero-order chi connectivity index (χ0) is 19.2. The Morgan fingerprint density at radius 2 is 1.57 bits per heavy atom. The number of hydrogen-bond donors (Lipinski definition) is 1. The second-order valence-corrected chi connectivity index (χ2v) is 7.08. The molecule has 0 aliphatic heterocycles. The molecule has 28 heavy (non-hydrogen) atoms. The average Bonchev–Trinajstić information content (AvgIpc) is 3.38. The number of carbonyl (C=O) groups excluding carboxylic acids is 1. The Hall–Kier alpha value is -3.32. The minimum absolute atomic E-state index is 0.0807.